The Balaban J connectivity index is 1.25. The summed E-state index contributed by atoms with van der Waals surface area (Å²) in [6, 6.07) is 6.95. The lowest BCUT2D eigenvalue weighted by atomic mass is 9.96. The first kappa shape index (κ1) is 18.9. The molecule has 2 saturated carbocycles. The lowest BCUT2D eigenvalue weighted by molar-refractivity contribution is -0.117. The molecule has 2 aromatic heterocycles. The zero-order valence-electron chi connectivity index (χ0n) is 16.9. The number of hydrogen-bond acceptors (Lipinski definition) is 5. The number of carbonyl (C=O) groups is 1. The molecule has 5 nitrogen and oxygen atoms in total. The lowest BCUT2D eigenvalue weighted by Crippen LogP contribution is -2.34. The van der Waals surface area contributed by atoms with Gasteiger partial charge in [-0.15, -0.1) is 11.3 Å². The fourth-order valence-corrected chi connectivity index (χ4v) is 5.73. The second-order valence-corrected chi connectivity index (χ2v) is 9.94. The van der Waals surface area contributed by atoms with E-state index in [1.165, 1.54) is 17.7 Å². The Hall–Kier alpha value is -2.10. The van der Waals surface area contributed by atoms with Gasteiger partial charge in [0.05, 0.1) is 18.7 Å². The van der Waals surface area contributed by atoms with Crippen LogP contribution in [0.3, 0.4) is 0 Å². The second-order valence-electron chi connectivity index (χ2n) is 8.83. The first-order valence-electron chi connectivity index (χ1n) is 10.8. The zero-order chi connectivity index (χ0) is 20.0. The van der Waals surface area contributed by atoms with Gasteiger partial charge in [0.25, 0.3) is 0 Å². The largest absolute Gasteiger partial charge is 0.464 e. The van der Waals surface area contributed by atoms with Crippen LogP contribution < -0.4 is 5.32 Å². The van der Waals surface area contributed by atoms with E-state index < -0.39 is 0 Å². The van der Waals surface area contributed by atoms with E-state index in [0.29, 0.717) is 30.6 Å². The van der Waals surface area contributed by atoms with Crippen LogP contribution in [0.2, 0.25) is 0 Å². The molecule has 0 aromatic carbocycles. The summed E-state index contributed by atoms with van der Waals surface area (Å²) in [4.78, 5) is 16.3. The summed E-state index contributed by atoms with van der Waals surface area (Å²) in [7, 11) is 0. The van der Waals surface area contributed by atoms with E-state index in [1.54, 1.807) is 11.3 Å². The third kappa shape index (κ3) is 3.99. The monoisotopic (exact) mass is 409 g/mol. The van der Waals surface area contributed by atoms with Crippen LogP contribution in [0.25, 0.3) is 0 Å². The highest BCUT2D eigenvalue weighted by atomic mass is 32.1. The van der Waals surface area contributed by atoms with Gasteiger partial charge in [-0.25, -0.2) is 0 Å². The second kappa shape index (κ2) is 7.62. The minimum atomic E-state index is -0.0328. The van der Waals surface area contributed by atoms with Crippen molar-refractivity contribution < 1.29 is 9.21 Å². The van der Waals surface area contributed by atoms with Gasteiger partial charge >= 0.3 is 0 Å². The number of nitrogens with one attached hydrogen (secondary N) is 1. The SMILES string of the molecule is CC1CC1c1ccc(CN(CC(=O)Nc2sc3c(c2C#N)CCCC3)C2CC2)o1. The number of thiophene rings is 1. The fourth-order valence-electron chi connectivity index (χ4n) is 4.47. The molecule has 29 heavy (non-hydrogen) atoms. The van der Waals surface area contributed by atoms with Crippen molar-refractivity contribution in [3.63, 3.8) is 0 Å². The van der Waals surface area contributed by atoms with Crippen LogP contribution in [0, 0.1) is 17.2 Å². The Morgan fingerprint density at radius 2 is 2.14 bits per heavy atom. The minimum Gasteiger partial charge on any atom is -0.464 e. The van der Waals surface area contributed by atoms with Crippen LogP contribution in [0.15, 0.2) is 16.5 Å². The molecule has 0 bridgehead atoms. The quantitative estimate of drug-likeness (QED) is 0.712. The summed E-state index contributed by atoms with van der Waals surface area (Å²) in [6.07, 6.45) is 7.78. The molecule has 0 saturated heterocycles. The van der Waals surface area contributed by atoms with E-state index in [1.807, 2.05) is 0 Å². The number of fused-ring (bicyclic) bond motifs is 1. The Bertz CT molecular complexity index is 965. The molecule has 5 rings (SSSR count). The molecule has 6 heteroatoms. The molecule has 2 heterocycles. The van der Waals surface area contributed by atoms with Gasteiger partial charge < -0.3 is 9.73 Å². The molecule has 3 aliphatic rings. The summed E-state index contributed by atoms with van der Waals surface area (Å²) < 4.78 is 6.06. The first-order chi connectivity index (χ1) is 14.1. The smallest absolute Gasteiger partial charge is 0.239 e. The summed E-state index contributed by atoms with van der Waals surface area (Å²) in [5.74, 6) is 3.31. The van der Waals surface area contributed by atoms with Crippen LogP contribution in [-0.2, 0) is 24.2 Å². The van der Waals surface area contributed by atoms with Crippen molar-refractivity contribution in [1.29, 1.82) is 5.26 Å². The molecule has 0 spiro atoms. The summed E-state index contributed by atoms with van der Waals surface area (Å²) >= 11 is 1.59. The van der Waals surface area contributed by atoms with E-state index in [2.05, 4.69) is 35.3 Å². The van der Waals surface area contributed by atoms with Gasteiger partial charge in [0.1, 0.15) is 22.6 Å². The molecule has 3 aliphatic carbocycles. The van der Waals surface area contributed by atoms with Crippen LogP contribution >= 0.6 is 11.3 Å². The predicted octanol–water partition coefficient (Wildman–Crippen LogP) is 4.82. The van der Waals surface area contributed by atoms with Crippen LogP contribution in [-0.4, -0.2) is 23.4 Å². The summed E-state index contributed by atoms with van der Waals surface area (Å²) in [5, 5.41) is 13.4. The molecule has 1 N–H and O–H groups in total. The Morgan fingerprint density at radius 3 is 2.86 bits per heavy atom. The molecule has 0 radical (unpaired) electrons. The molecular weight excluding hydrogens is 382 g/mol. The van der Waals surface area contributed by atoms with Crippen molar-refractivity contribution >= 4 is 22.2 Å². The van der Waals surface area contributed by atoms with E-state index in [4.69, 9.17) is 4.42 Å². The highest BCUT2D eigenvalue weighted by Gasteiger charge is 2.37. The maximum Gasteiger partial charge on any atom is 0.239 e. The average Bonchev–Trinajstić information content (AvgIpc) is 3.60. The predicted molar refractivity (Wildman–Crippen MR) is 113 cm³/mol. The number of amides is 1. The summed E-state index contributed by atoms with van der Waals surface area (Å²) in [6.45, 7) is 3.27. The molecule has 2 aromatic rings. The Labute approximate surface area is 175 Å². The summed E-state index contributed by atoms with van der Waals surface area (Å²) in [5.41, 5.74) is 1.85. The molecule has 2 unspecified atom stereocenters. The van der Waals surface area contributed by atoms with Crippen molar-refractivity contribution in [3.05, 3.63) is 39.7 Å². The molecule has 0 aliphatic heterocycles. The van der Waals surface area contributed by atoms with Crippen molar-refractivity contribution in [3.8, 4) is 6.07 Å². The highest BCUT2D eigenvalue weighted by Crippen LogP contribution is 2.47. The number of nitriles is 1. The van der Waals surface area contributed by atoms with E-state index in [-0.39, 0.29) is 5.91 Å². The van der Waals surface area contributed by atoms with Gasteiger partial charge in [0.2, 0.25) is 5.91 Å². The maximum atomic E-state index is 12.8. The molecular formula is C23H27N3O2S. The van der Waals surface area contributed by atoms with Gasteiger partial charge in [-0.05, 0) is 68.6 Å². The number of aryl methyl sites for hydroxylation is 1. The van der Waals surface area contributed by atoms with Crippen LogP contribution in [0.5, 0.6) is 0 Å². The van der Waals surface area contributed by atoms with Gasteiger partial charge in [-0.3, -0.25) is 9.69 Å². The highest BCUT2D eigenvalue weighted by molar-refractivity contribution is 7.16. The van der Waals surface area contributed by atoms with Crippen molar-refractivity contribution in [2.45, 2.75) is 70.4 Å². The fraction of sp³-hybridized carbons (Fsp3) is 0.565. The van der Waals surface area contributed by atoms with E-state index >= 15 is 0 Å². The van der Waals surface area contributed by atoms with Crippen molar-refractivity contribution in [2.75, 3.05) is 11.9 Å². The van der Waals surface area contributed by atoms with E-state index in [9.17, 15) is 10.1 Å². The van der Waals surface area contributed by atoms with Crippen molar-refractivity contribution in [1.82, 2.24) is 4.90 Å². The van der Waals surface area contributed by atoms with Crippen molar-refractivity contribution in [2.24, 2.45) is 5.92 Å². The van der Waals surface area contributed by atoms with Crippen LogP contribution in [0.1, 0.15) is 72.5 Å². The minimum absolute atomic E-state index is 0.0328. The Kier molecular flexibility index (Phi) is 4.97. The number of rotatable bonds is 7. The zero-order valence-corrected chi connectivity index (χ0v) is 17.7. The maximum absolute atomic E-state index is 12.8. The molecule has 2 fully saturated rings. The topological polar surface area (TPSA) is 69.3 Å². The molecule has 152 valence electrons. The average molecular weight is 410 g/mol. The standard InChI is InChI=1S/C23H27N3O2S/c1-14-10-18(14)20-9-8-16(28-20)12-26(15-6-7-15)13-22(27)25-23-19(11-24)17-4-2-3-5-21(17)29-23/h8-9,14-15,18H,2-7,10,12-13H2,1H3,(H,25,27). The van der Waals surface area contributed by atoms with Gasteiger partial charge in [0, 0.05) is 16.8 Å². The first-order valence-corrected chi connectivity index (χ1v) is 11.6. The number of anilines is 1. The van der Waals surface area contributed by atoms with E-state index in [0.717, 1.165) is 60.1 Å². The third-order valence-electron chi connectivity index (χ3n) is 6.46. The van der Waals surface area contributed by atoms with Crippen LogP contribution in [0.4, 0.5) is 5.00 Å². The third-order valence-corrected chi connectivity index (χ3v) is 7.67. The molecule has 1 amide bonds. The van der Waals surface area contributed by atoms with Gasteiger partial charge in [-0.2, -0.15) is 5.26 Å². The number of furan rings is 1. The van der Waals surface area contributed by atoms with Gasteiger partial charge in [-0.1, -0.05) is 6.92 Å². The van der Waals surface area contributed by atoms with Gasteiger partial charge in [0.15, 0.2) is 0 Å². The number of carbonyl (C=O) groups excluding carboxylic acids is 1. The normalized spacial score (nSPS) is 22.9. The lowest BCUT2D eigenvalue weighted by Gasteiger charge is -2.20. The molecule has 2 atom stereocenters. The number of hydrogen-bond donors (Lipinski definition) is 1. The Morgan fingerprint density at radius 1 is 1.34 bits per heavy atom. The number of nitrogens with zero attached hydrogens (tertiary/aromatic N) is 2.